The topological polar surface area (TPSA) is 71.6 Å². The van der Waals surface area contributed by atoms with Gasteiger partial charge in [0.25, 0.3) is 0 Å². The number of rotatable bonds is 7. The molecule has 2 atom stereocenters. The molecule has 1 aliphatic heterocycles. The van der Waals surface area contributed by atoms with E-state index in [2.05, 4.69) is 16.2 Å². The Morgan fingerprint density at radius 1 is 1.19 bits per heavy atom. The molecule has 1 heterocycles. The van der Waals surface area contributed by atoms with Gasteiger partial charge in [0, 0.05) is 13.1 Å². The minimum Gasteiger partial charge on any atom is -0.497 e. The van der Waals surface area contributed by atoms with E-state index in [4.69, 9.17) is 9.47 Å². The molecule has 2 aromatic rings. The fourth-order valence-electron chi connectivity index (χ4n) is 3.17. The Bertz CT molecular complexity index is 762. The summed E-state index contributed by atoms with van der Waals surface area (Å²) in [4.78, 5) is 12.7. The number of ether oxygens (including phenoxy) is 2. The van der Waals surface area contributed by atoms with Crippen LogP contribution >= 0.6 is 0 Å². The molecule has 0 radical (unpaired) electrons. The molecule has 3 rings (SSSR count). The second-order valence-electron chi connectivity index (χ2n) is 6.91. The standard InChI is InChI=1S/C21H27N3O3/c1-14(2)27-17-9-7-15(8-10-17)12-22-21(25)19-13-23-24-20(19)16-5-4-6-18(11-16)26-3/h4-11,14,19-20,23-24H,12-13H2,1-3H3,(H,22,25). The Hall–Kier alpha value is -2.57. The molecule has 2 aromatic carbocycles. The summed E-state index contributed by atoms with van der Waals surface area (Å²) < 4.78 is 10.9. The summed E-state index contributed by atoms with van der Waals surface area (Å²) in [5.41, 5.74) is 8.35. The van der Waals surface area contributed by atoms with Gasteiger partial charge in [-0.1, -0.05) is 24.3 Å². The molecule has 6 heteroatoms. The van der Waals surface area contributed by atoms with Crippen molar-refractivity contribution in [2.75, 3.05) is 13.7 Å². The van der Waals surface area contributed by atoms with Gasteiger partial charge in [-0.15, -0.1) is 0 Å². The summed E-state index contributed by atoms with van der Waals surface area (Å²) in [5.74, 6) is 1.44. The van der Waals surface area contributed by atoms with E-state index in [-0.39, 0.29) is 24.0 Å². The lowest BCUT2D eigenvalue weighted by molar-refractivity contribution is -0.125. The summed E-state index contributed by atoms with van der Waals surface area (Å²) in [6.07, 6.45) is 0.145. The van der Waals surface area contributed by atoms with Crippen molar-refractivity contribution < 1.29 is 14.3 Å². The van der Waals surface area contributed by atoms with Crippen LogP contribution in [0.15, 0.2) is 48.5 Å². The zero-order chi connectivity index (χ0) is 19.2. The first kappa shape index (κ1) is 19.2. The number of methoxy groups -OCH3 is 1. The molecule has 0 spiro atoms. The summed E-state index contributed by atoms with van der Waals surface area (Å²) in [5, 5.41) is 3.04. The summed E-state index contributed by atoms with van der Waals surface area (Å²) in [6.45, 7) is 5.06. The lowest BCUT2D eigenvalue weighted by atomic mass is 9.94. The van der Waals surface area contributed by atoms with Crippen molar-refractivity contribution in [3.8, 4) is 11.5 Å². The number of nitrogens with one attached hydrogen (secondary N) is 3. The second-order valence-corrected chi connectivity index (χ2v) is 6.91. The van der Waals surface area contributed by atoms with Crippen LogP contribution in [0.2, 0.25) is 0 Å². The maximum atomic E-state index is 12.7. The second kappa shape index (κ2) is 8.88. The first-order valence-corrected chi connectivity index (χ1v) is 9.22. The first-order valence-electron chi connectivity index (χ1n) is 9.22. The number of hydrogen-bond donors (Lipinski definition) is 3. The molecular formula is C21H27N3O3. The molecule has 3 N–H and O–H groups in total. The SMILES string of the molecule is COc1cccc(C2NNCC2C(=O)NCc2ccc(OC(C)C)cc2)c1. The Kier molecular flexibility index (Phi) is 6.32. The van der Waals surface area contributed by atoms with Crippen molar-refractivity contribution in [1.29, 1.82) is 0 Å². The van der Waals surface area contributed by atoms with Crippen molar-refractivity contribution in [2.24, 2.45) is 5.92 Å². The van der Waals surface area contributed by atoms with Crippen molar-refractivity contribution in [3.05, 3.63) is 59.7 Å². The zero-order valence-electron chi connectivity index (χ0n) is 16.0. The third-order valence-electron chi connectivity index (χ3n) is 4.53. The van der Waals surface area contributed by atoms with Gasteiger partial charge in [-0.25, -0.2) is 5.43 Å². The molecule has 0 aromatic heterocycles. The first-order chi connectivity index (χ1) is 13.1. The average molecular weight is 369 g/mol. The molecule has 144 valence electrons. The van der Waals surface area contributed by atoms with Gasteiger partial charge in [0.15, 0.2) is 0 Å². The lowest BCUT2D eigenvalue weighted by Crippen LogP contribution is -2.34. The van der Waals surface area contributed by atoms with E-state index in [0.717, 1.165) is 22.6 Å². The van der Waals surface area contributed by atoms with Crippen LogP contribution in [0.3, 0.4) is 0 Å². The minimum absolute atomic E-state index is 0.0165. The summed E-state index contributed by atoms with van der Waals surface area (Å²) in [6, 6.07) is 15.5. The Morgan fingerprint density at radius 2 is 1.96 bits per heavy atom. The third-order valence-corrected chi connectivity index (χ3v) is 4.53. The molecule has 0 saturated carbocycles. The number of carbonyl (C=O) groups is 1. The van der Waals surface area contributed by atoms with Crippen molar-refractivity contribution >= 4 is 5.91 Å². The van der Waals surface area contributed by atoms with Gasteiger partial charge >= 0.3 is 0 Å². The molecule has 27 heavy (non-hydrogen) atoms. The van der Waals surface area contributed by atoms with Gasteiger partial charge < -0.3 is 14.8 Å². The molecule has 2 unspecified atom stereocenters. The normalized spacial score (nSPS) is 19.1. The molecule has 0 aliphatic carbocycles. The third kappa shape index (κ3) is 4.99. The fraction of sp³-hybridized carbons (Fsp3) is 0.381. The van der Waals surface area contributed by atoms with Crippen molar-refractivity contribution in [3.63, 3.8) is 0 Å². The van der Waals surface area contributed by atoms with Crippen LogP contribution in [0, 0.1) is 5.92 Å². The van der Waals surface area contributed by atoms with Gasteiger partial charge in [-0.05, 0) is 49.2 Å². The molecule has 0 bridgehead atoms. The van der Waals surface area contributed by atoms with Crippen LogP contribution in [-0.2, 0) is 11.3 Å². The van der Waals surface area contributed by atoms with E-state index >= 15 is 0 Å². The highest BCUT2D eigenvalue weighted by Gasteiger charge is 2.33. The Labute approximate surface area is 160 Å². The fourth-order valence-corrected chi connectivity index (χ4v) is 3.17. The Balaban J connectivity index is 1.59. The maximum Gasteiger partial charge on any atom is 0.226 e. The number of amides is 1. The predicted molar refractivity (Wildman–Crippen MR) is 104 cm³/mol. The van der Waals surface area contributed by atoms with E-state index in [0.29, 0.717) is 13.1 Å². The summed E-state index contributed by atoms with van der Waals surface area (Å²) in [7, 11) is 1.64. The molecular weight excluding hydrogens is 342 g/mol. The quantitative estimate of drug-likeness (QED) is 0.700. The molecule has 1 aliphatic rings. The average Bonchev–Trinajstić information content (AvgIpc) is 3.17. The van der Waals surface area contributed by atoms with Gasteiger partial charge in [0.05, 0.1) is 25.2 Å². The van der Waals surface area contributed by atoms with Crippen LogP contribution in [0.5, 0.6) is 11.5 Å². The van der Waals surface area contributed by atoms with Crippen LogP contribution in [0.4, 0.5) is 0 Å². The Morgan fingerprint density at radius 3 is 2.67 bits per heavy atom. The number of hydrazine groups is 1. The molecule has 1 saturated heterocycles. The number of hydrogen-bond acceptors (Lipinski definition) is 5. The van der Waals surface area contributed by atoms with Crippen LogP contribution in [0.25, 0.3) is 0 Å². The smallest absolute Gasteiger partial charge is 0.226 e. The largest absolute Gasteiger partial charge is 0.497 e. The zero-order valence-corrected chi connectivity index (χ0v) is 16.0. The lowest BCUT2D eigenvalue weighted by Gasteiger charge is -2.19. The van der Waals surface area contributed by atoms with Crippen molar-refractivity contribution in [1.82, 2.24) is 16.2 Å². The van der Waals surface area contributed by atoms with Gasteiger partial charge in [0.2, 0.25) is 5.91 Å². The molecule has 6 nitrogen and oxygen atoms in total. The monoisotopic (exact) mass is 369 g/mol. The van der Waals surface area contributed by atoms with Crippen molar-refractivity contribution in [2.45, 2.75) is 32.5 Å². The highest BCUT2D eigenvalue weighted by molar-refractivity contribution is 5.80. The maximum absolute atomic E-state index is 12.7. The predicted octanol–water partition coefficient (Wildman–Crippen LogP) is 2.56. The number of benzene rings is 2. The van der Waals surface area contributed by atoms with E-state index in [9.17, 15) is 4.79 Å². The van der Waals surface area contributed by atoms with E-state index in [1.54, 1.807) is 7.11 Å². The highest BCUT2D eigenvalue weighted by Crippen LogP contribution is 2.27. The van der Waals surface area contributed by atoms with E-state index in [1.165, 1.54) is 0 Å². The van der Waals surface area contributed by atoms with E-state index in [1.807, 2.05) is 62.4 Å². The van der Waals surface area contributed by atoms with Gasteiger partial charge in [-0.3, -0.25) is 10.2 Å². The summed E-state index contributed by atoms with van der Waals surface area (Å²) >= 11 is 0. The van der Waals surface area contributed by atoms with E-state index < -0.39 is 0 Å². The highest BCUT2D eigenvalue weighted by atomic mass is 16.5. The molecule has 1 fully saturated rings. The van der Waals surface area contributed by atoms with Gasteiger partial charge in [0.1, 0.15) is 11.5 Å². The van der Waals surface area contributed by atoms with Crippen LogP contribution < -0.4 is 25.6 Å². The minimum atomic E-state index is -0.194. The number of carbonyl (C=O) groups excluding carboxylic acids is 1. The van der Waals surface area contributed by atoms with Gasteiger partial charge in [-0.2, -0.15) is 0 Å². The van der Waals surface area contributed by atoms with Crippen LogP contribution in [-0.4, -0.2) is 25.7 Å². The van der Waals surface area contributed by atoms with Crippen LogP contribution in [0.1, 0.15) is 31.0 Å². The molecule has 1 amide bonds.